The summed E-state index contributed by atoms with van der Waals surface area (Å²) in [6.45, 7) is 0.693. The van der Waals surface area contributed by atoms with Crippen LogP contribution in [0.2, 0.25) is 0 Å². The quantitative estimate of drug-likeness (QED) is 0.448. The Hall–Kier alpha value is -0.340. The fourth-order valence-corrected chi connectivity index (χ4v) is 0.519. The van der Waals surface area contributed by atoms with E-state index < -0.39 is 0 Å². The van der Waals surface area contributed by atoms with E-state index >= 15 is 0 Å². The Morgan fingerprint density at radius 2 is 2.71 bits per heavy atom. The molecule has 1 rings (SSSR count). The largest absolute Gasteiger partial charge is 0.352 e. The van der Waals surface area contributed by atoms with E-state index in [9.17, 15) is 0 Å². The Labute approximate surface area is 42.7 Å². The first-order valence-corrected chi connectivity index (χ1v) is 2.24. The van der Waals surface area contributed by atoms with Crippen LogP contribution in [-0.4, -0.2) is 20.0 Å². The van der Waals surface area contributed by atoms with Crippen molar-refractivity contribution in [2.45, 2.75) is 6.29 Å². The van der Waals surface area contributed by atoms with Crippen LogP contribution in [0.3, 0.4) is 0 Å². The van der Waals surface area contributed by atoms with Gasteiger partial charge in [0.1, 0.15) is 0 Å². The normalized spacial score (nSPS) is 29.0. The zero-order valence-electron chi connectivity index (χ0n) is 4.26. The minimum Gasteiger partial charge on any atom is -0.352 e. The van der Waals surface area contributed by atoms with Crippen molar-refractivity contribution >= 4 is 0 Å². The molecular weight excluding hydrogens is 92.1 g/mol. The molecule has 0 fully saturated rings. The molecule has 0 aromatic carbocycles. The van der Waals surface area contributed by atoms with Gasteiger partial charge in [-0.3, -0.25) is 0 Å². The highest BCUT2D eigenvalue weighted by Gasteiger charge is 2.04. The highest BCUT2D eigenvalue weighted by atomic mass is 16.7. The van der Waals surface area contributed by atoms with Gasteiger partial charge in [0.15, 0.2) is 6.29 Å². The zero-order chi connectivity index (χ0) is 5.11. The first-order chi connectivity index (χ1) is 3.43. The topological polar surface area (TPSA) is 18.5 Å². The maximum atomic E-state index is 4.97. The minimum atomic E-state index is -0.0833. The molecule has 0 radical (unpaired) electrons. The van der Waals surface area contributed by atoms with Gasteiger partial charge in [-0.2, -0.15) is 0 Å². The molecule has 40 valence electrons. The van der Waals surface area contributed by atoms with E-state index in [1.54, 1.807) is 7.11 Å². The average molecular weight is 100 g/mol. The summed E-state index contributed by atoms with van der Waals surface area (Å²) in [5.41, 5.74) is 0. The molecule has 0 N–H and O–H groups in total. The summed E-state index contributed by atoms with van der Waals surface area (Å²) in [5, 5.41) is 0. The van der Waals surface area contributed by atoms with Gasteiger partial charge < -0.3 is 9.47 Å². The van der Waals surface area contributed by atoms with Crippen molar-refractivity contribution in [1.82, 2.24) is 0 Å². The van der Waals surface area contributed by atoms with E-state index in [2.05, 4.69) is 0 Å². The first-order valence-electron chi connectivity index (χ1n) is 2.24. The summed E-state index contributed by atoms with van der Waals surface area (Å²) < 4.78 is 9.77. The molecule has 0 amide bonds. The van der Waals surface area contributed by atoms with Gasteiger partial charge in [-0.1, -0.05) is 6.08 Å². The molecule has 7 heavy (non-hydrogen) atoms. The van der Waals surface area contributed by atoms with Crippen molar-refractivity contribution in [3.05, 3.63) is 12.2 Å². The van der Waals surface area contributed by atoms with Crippen molar-refractivity contribution < 1.29 is 9.47 Å². The highest BCUT2D eigenvalue weighted by molar-refractivity contribution is 4.90. The SMILES string of the molecule is COC1C=CCO1. The monoisotopic (exact) mass is 100 g/mol. The van der Waals surface area contributed by atoms with Crippen LogP contribution < -0.4 is 0 Å². The molecule has 0 aliphatic carbocycles. The van der Waals surface area contributed by atoms with Crippen molar-refractivity contribution in [3.63, 3.8) is 0 Å². The molecule has 0 bridgehead atoms. The van der Waals surface area contributed by atoms with Crippen LogP contribution in [0.15, 0.2) is 12.2 Å². The molecule has 2 nitrogen and oxygen atoms in total. The summed E-state index contributed by atoms with van der Waals surface area (Å²) in [5.74, 6) is 0. The summed E-state index contributed by atoms with van der Waals surface area (Å²) in [6, 6.07) is 0. The second-order valence-electron chi connectivity index (χ2n) is 1.37. The van der Waals surface area contributed by atoms with Crippen LogP contribution in [0.1, 0.15) is 0 Å². The van der Waals surface area contributed by atoms with E-state index in [0.29, 0.717) is 6.61 Å². The molecule has 1 heterocycles. The second kappa shape index (κ2) is 2.09. The van der Waals surface area contributed by atoms with Crippen molar-refractivity contribution in [2.75, 3.05) is 13.7 Å². The van der Waals surface area contributed by atoms with Crippen LogP contribution in [0.4, 0.5) is 0 Å². The lowest BCUT2D eigenvalue weighted by molar-refractivity contribution is -0.0683. The standard InChI is InChI=1S/C5H8O2/c1-6-5-3-2-4-7-5/h2-3,5H,4H2,1H3. The first kappa shape index (κ1) is 4.81. The highest BCUT2D eigenvalue weighted by Crippen LogP contribution is 2.01. The van der Waals surface area contributed by atoms with Gasteiger partial charge in [-0.05, 0) is 6.08 Å². The van der Waals surface area contributed by atoms with E-state index in [1.807, 2.05) is 12.2 Å². The maximum Gasteiger partial charge on any atom is 0.176 e. The molecule has 1 atom stereocenters. The third-order valence-corrected chi connectivity index (χ3v) is 0.882. The van der Waals surface area contributed by atoms with E-state index in [0.717, 1.165) is 0 Å². The van der Waals surface area contributed by atoms with E-state index in [1.165, 1.54) is 0 Å². The lowest BCUT2D eigenvalue weighted by Crippen LogP contribution is -2.05. The summed E-state index contributed by atoms with van der Waals surface area (Å²) in [7, 11) is 1.63. The lowest BCUT2D eigenvalue weighted by atomic mass is 10.6. The van der Waals surface area contributed by atoms with Gasteiger partial charge in [0, 0.05) is 7.11 Å². The lowest BCUT2D eigenvalue weighted by Gasteiger charge is -2.02. The molecule has 1 aliphatic heterocycles. The Bertz CT molecular complexity index is 78.1. The van der Waals surface area contributed by atoms with Crippen LogP contribution in [-0.2, 0) is 9.47 Å². The van der Waals surface area contributed by atoms with Gasteiger partial charge in [0.25, 0.3) is 0 Å². The van der Waals surface area contributed by atoms with E-state index in [-0.39, 0.29) is 6.29 Å². The smallest absolute Gasteiger partial charge is 0.176 e. The van der Waals surface area contributed by atoms with Crippen LogP contribution >= 0.6 is 0 Å². The Morgan fingerprint density at radius 1 is 1.86 bits per heavy atom. The van der Waals surface area contributed by atoms with Gasteiger partial charge in [-0.25, -0.2) is 0 Å². The van der Waals surface area contributed by atoms with Crippen LogP contribution in [0.25, 0.3) is 0 Å². The minimum absolute atomic E-state index is 0.0833. The molecular formula is C5H8O2. The molecule has 1 aliphatic rings. The maximum absolute atomic E-state index is 4.97. The number of methoxy groups -OCH3 is 1. The van der Waals surface area contributed by atoms with Gasteiger partial charge in [0.2, 0.25) is 0 Å². The van der Waals surface area contributed by atoms with E-state index in [4.69, 9.17) is 9.47 Å². The predicted molar refractivity (Wildman–Crippen MR) is 25.9 cm³/mol. The number of hydrogen-bond acceptors (Lipinski definition) is 2. The van der Waals surface area contributed by atoms with Crippen molar-refractivity contribution in [3.8, 4) is 0 Å². The number of rotatable bonds is 1. The predicted octanol–water partition coefficient (Wildman–Crippen LogP) is 0.545. The number of ether oxygens (including phenoxy) is 2. The summed E-state index contributed by atoms with van der Waals surface area (Å²) in [6.07, 6.45) is 3.74. The third kappa shape index (κ3) is 1.01. The van der Waals surface area contributed by atoms with Gasteiger partial charge in [-0.15, -0.1) is 0 Å². The third-order valence-electron chi connectivity index (χ3n) is 0.882. The molecule has 0 aromatic rings. The van der Waals surface area contributed by atoms with Gasteiger partial charge >= 0.3 is 0 Å². The Morgan fingerprint density at radius 3 is 3.00 bits per heavy atom. The second-order valence-corrected chi connectivity index (χ2v) is 1.37. The van der Waals surface area contributed by atoms with Crippen LogP contribution in [0.5, 0.6) is 0 Å². The van der Waals surface area contributed by atoms with Gasteiger partial charge in [0.05, 0.1) is 6.61 Å². The molecule has 0 saturated carbocycles. The van der Waals surface area contributed by atoms with Crippen molar-refractivity contribution in [1.29, 1.82) is 0 Å². The molecule has 1 unspecified atom stereocenters. The van der Waals surface area contributed by atoms with Crippen molar-refractivity contribution in [2.24, 2.45) is 0 Å². The molecule has 0 saturated heterocycles. The zero-order valence-corrected chi connectivity index (χ0v) is 4.26. The number of hydrogen-bond donors (Lipinski definition) is 0. The molecule has 0 aromatic heterocycles. The summed E-state index contributed by atoms with van der Waals surface area (Å²) >= 11 is 0. The summed E-state index contributed by atoms with van der Waals surface area (Å²) in [4.78, 5) is 0. The fraction of sp³-hybridized carbons (Fsp3) is 0.600. The molecule has 2 heteroatoms. The average Bonchev–Trinajstić information content (AvgIpc) is 2.14. The molecule has 0 spiro atoms. The van der Waals surface area contributed by atoms with Crippen LogP contribution in [0, 0.1) is 0 Å². The Kier molecular flexibility index (Phi) is 1.44. The fourth-order valence-electron chi connectivity index (χ4n) is 0.519. The Balaban J connectivity index is 2.28.